The van der Waals surface area contributed by atoms with E-state index < -0.39 is 0 Å². The van der Waals surface area contributed by atoms with Crippen LogP contribution in [0.2, 0.25) is 0 Å². The summed E-state index contributed by atoms with van der Waals surface area (Å²) in [6.45, 7) is 1.77. The van der Waals surface area contributed by atoms with Gasteiger partial charge in [0.15, 0.2) is 0 Å². The molecule has 0 aliphatic heterocycles. The first-order valence-corrected chi connectivity index (χ1v) is 8.33. The number of hydrogen-bond acceptors (Lipinski definition) is 2. The van der Waals surface area contributed by atoms with Gasteiger partial charge in [-0.15, -0.1) is 0 Å². The van der Waals surface area contributed by atoms with Gasteiger partial charge in [0.05, 0.1) is 6.42 Å². The zero-order valence-corrected chi connectivity index (χ0v) is 13.7. The molecule has 3 rings (SSSR count). The Hall–Kier alpha value is -2.37. The number of aryl methyl sites for hydroxylation is 1. The molecule has 6 heteroatoms. The van der Waals surface area contributed by atoms with Crippen LogP contribution in [-0.4, -0.2) is 22.1 Å². The Labute approximate surface area is 139 Å². The first kappa shape index (κ1) is 16.5. The summed E-state index contributed by atoms with van der Waals surface area (Å²) in [6, 6.07) is 6.66. The van der Waals surface area contributed by atoms with Gasteiger partial charge in [-0.25, -0.2) is 4.39 Å². The van der Waals surface area contributed by atoms with E-state index in [0.717, 1.165) is 31.2 Å². The molecule has 2 atom stereocenters. The summed E-state index contributed by atoms with van der Waals surface area (Å²) in [5, 5.41) is 8.30. The molecule has 24 heavy (non-hydrogen) atoms. The molecule has 0 spiro atoms. The number of aromatic nitrogens is 2. The molecule has 1 heterocycles. The summed E-state index contributed by atoms with van der Waals surface area (Å²) in [7, 11) is 0. The second-order valence-electron chi connectivity index (χ2n) is 6.56. The van der Waals surface area contributed by atoms with Gasteiger partial charge in [0.2, 0.25) is 5.91 Å². The van der Waals surface area contributed by atoms with Crippen LogP contribution in [0.4, 0.5) is 4.39 Å². The lowest BCUT2D eigenvalue weighted by Gasteiger charge is -2.21. The van der Waals surface area contributed by atoms with Crippen LogP contribution in [0.25, 0.3) is 0 Å². The largest absolute Gasteiger partial charge is 0.353 e. The number of rotatable bonds is 5. The van der Waals surface area contributed by atoms with E-state index >= 15 is 0 Å². The van der Waals surface area contributed by atoms with Crippen LogP contribution in [0.15, 0.2) is 29.1 Å². The lowest BCUT2D eigenvalue weighted by Crippen LogP contribution is -2.39. The quantitative estimate of drug-likeness (QED) is 0.785. The highest BCUT2D eigenvalue weighted by Crippen LogP contribution is 2.29. The maximum Gasteiger partial charge on any atom is 0.267 e. The molecule has 1 aromatic carbocycles. The number of H-pyrrole nitrogens is 2. The van der Waals surface area contributed by atoms with Crippen molar-refractivity contribution in [3.63, 3.8) is 0 Å². The summed E-state index contributed by atoms with van der Waals surface area (Å²) in [4.78, 5) is 23.9. The maximum atomic E-state index is 13.0. The third-order valence-electron chi connectivity index (χ3n) is 4.84. The molecule has 0 saturated heterocycles. The SMILES string of the molecule is Cc1[nH][nH]c(=O)c1CC(=O)N[C@@H]1CCC[C@@H]1Cc1ccc(F)cc1. The minimum atomic E-state index is -0.239. The molecule has 0 radical (unpaired) electrons. The second kappa shape index (κ2) is 7.03. The number of nitrogens with one attached hydrogen (secondary N) is 3. The van der Waals surface area contributed by atoms with Crippen LogP contribution in [-0.2, 0) is 17.6 Å². The van der Waals surface area contributed by atoms with Crippen molar-refractivity contribution in [2.45, 2.75) is 45.1 Å². The normalized spacial score (nSPS) is 20.2. The van der Waals surface area contributed by atoms with Gasteiger partial charge >= 0.3 is 0 Å². The average molecular weight is 331 g/mol. The standard InChI is InChI=1S/C18H22FN3O2/c1-11-15(18(24)22-21-11)10-17(23)20-16-4-2-3-13(16)9-12-5-7-14(19)8-6-12/h5-8,13,16H,2-4,9-10H2,1H3,(H,20,23)(H2,21,22,24)/t13-,16-/m1/s1. The monoisotopic (exact) mass is 331 g/mol. The van der Waals surface area contributed by atoms with Gasteiger partial charge in [0.25, 0.3) is 5.56 Å². The lowest BCUT2D eigenvalue weighted by atomic mass is 9.94. The molecule has 0 bridgehead atoms. The molecule has 2 aromatic rings. The molecular weight excluding hydrogens is 309 g/mol. The molecule has 1 saturated carbocycles. The van der Waals surface area contributed by atoms with Gasteiger partial charge in [0.1, 0.15) is 5.82 Å². The molecule has 1 aliphatic carbocycles. The summed E-state index contributed by atoms with van der Waals surface area (Å²) < 4.78 is 13.0. The highest BCUT2D eigenvalue weighted by molar-refractivity contribution is 5.79. The number of carbonyl (C=O) groups is 1. The first-order valence-electron chi connectivity index (χ1n) is 8.33. The zero-order chi connectivity index (χ0) is 17.1. The molecule has 1 amide bonds. The number of halogens is 1. The third-order valence-corrected chi connectivity index (χ3v) is 4.84. The van der Waals surface area contributed by atoms with E-state index in [1.165, 1.54) is 12.1 Å². The van der Waals surface area contributed by atoms with Gasteiger partial charge in [-0.1, -0.05) is 18.6 Å². The van der Waals surface area contributed by atoms with E-state index in [9.17, 15) is 14.0 Å². The first-order chi connectivity index (χ1) is 11.5. The van der Waals surface area contributed by atoms with Gasteiger partial charge in [-0.3, -0.25) is 14.7 Å². The van der Waals surface area contributed by atoms with Crippen LogP contribution in [0.3, 0.4) is 0 Å². The molecule has 1 fully saturated rings. The highest BCUT2D eigenvalue weighted by atomic mass is 19.1. The second-order valence-corrected chi connectivity index (χ2v) is 6.56. The van der Waals surface area contributed by atoms with E-state index in [2.05, 4.69) is 15.5 Å². The molecule has 1 aromatic heterocycles. The number of benzene rings is 1. The molecule has 3 N–H and O–H groups in total. The predicted molar refractivity (Wildman–Crippen MR) is 89.2 cm³/mol. The fraction of sp³-hybridized carbons (Fsp3) is 0.444. The van der Waals surface area contributed by atoms with Crippen LogP contribution < -0.4 is 10.9 Å². The van der Waals surface area contributed by atoms with Crippen molar-refractivity contribution >= 4 is 5.91 Å². The lowest BCUT2D eigenvalue weighted by molar-refractivity contribution is -0.121. The summed E-state index contributed by atoms with van der Waals surface area (Å²) in [6.07, 6.45) is 3.98. The predicted octanol–water partition coefficient (Wildman–Crippen LogP) is 2.22. The number of carbonyl (C=O) groups excluding carboxylic acids is 1. The van der Waals surface area contributed by atoms with Crippen LogP contribution in [0.1, 0.15) is 36.1 Å². The minimum Gasteiger partial charge on any atom is -0.353 e. The molecule has 128 valence electrons. The fourth-order valence-corrected chi connectivity index (χ4v) is 3.50. The topological polar surface area (TPSA) is 77.8 Å². The Morgan fingerprint density at radius 1 is 1.25 bits per heavy atom. The van der Waals surface area contributed by atoms with Crippen molar-refractivity contribution in [3.8, 4) is 0 Å². The number of aromatic amines is 2. The van der Waals surface area contributed by atoms with Crippen molar-refractivity contribution in [1.82, 2.24) is 15.5 Å². The van der Waals surface area contributed by atoms with Crippen LogP contribution >= 0.6 is 0 Å². The van der Waals surface area contributed by atoms with E-state index in [1.807, 2.05) is 0 Å². The van der Waals surface area contributed by atoms with E-state index in [-0.39, 0.29) is 29.7 Å². The zero-order valence-electron chi connectivity index (χ0n) is 13.7. The van der Waals surface area contributed by atoms with Gasteiger partial charge in [-0.05, 0) is 49.8 Å². The molecular formula is C18H22FN3O2. The number of amides is 1. The Morgan fingerprint density at radius 2 is 2.00 bits per heavy atom. The van der Waals surface area contributed by atoms with Gasteiger partial charge in [-0.2, -0.15) is 0 Å². The summed E-state index contributed by atoms with van der Waals surface area (Å²) in [5.41, 5.74) is 2.03. The molecule has 0 unspecified atom stereocenters. The fourth-order valence-electron chi connectivity index (χ4n) is 3.50. The Balaban J connectivity index is 1.60. The van der Waals surface area contributed by atoms with Crippen molar-refractivity contribution in [2.75, 3.05) is 0 Å². The highest BCUT2D eigenvalue weighted by Gasteiger charge is 2.29. The van der Waals surface area contributed by atoms with E-state index in [4.69, 9.17) is 0 Å². The summed E-state index contributed by atoms with van der Waals surface area (Å²) >= 11 is 0. The summed E-state index contributed by atoms with van der Waals surface area (Å²) in [5.74, 6) is -0.00802. The maximum absolute atomic E-state index is 13.0. The Kier molecular flexibility index (Phi) is 4.83. The third kappa shape index (κ3) is 3.75. The van der Waals surface area contributed by atoms with Crippen molar-refractivity contribution in [1.29, 1.82) is 0 Å². The van der Waals surface area contributed by atoms with E-state index in [1.54, 1.807) is 19.1 Å². The van der Waals surface area contributed by atoms with Gasteiger partial charge < -0.3 is 10.4 Å². The van der Waals surface area contributed by atoms with Crippen molar-refractivity contribution in [3.05, 3.63) is 57.3 Å². The van der Waals surface area contributed by atoms with Crippen molar-refractivity contribution < 1.29 is 9.18 Å². The Morgan fingerprint density at radius 3 is 2.67 bits per heavy atom. The van der Waals surface area contributed by atoms with Crippen molar-refractivity contribution in [2.24, 2.45) is 5.92 Å². The average Bonchev–Trinajstić information content (AvgIpc) is 3.11. The minimum absolute atomic E-state index is 0.0877. The van der Waals surface area contributed by atoms with E-state index in [0.29, 0.717) is 17.2 Å². The van der Waals surface area contributed by atoms with Gasteiger partial charge in [0, 0.05) is 17.3 Å². The smallest absolute Gasteiger partial charge is 0.267 e. The molecule has 5 nitrogen and oxygen atoms in total. The molecule has 1 aliphatic rings. The van der Waals surface area contributed by atoms with Crippen LogP contribution in [0.5, 0.6) is 0 Å². The number of hydrogen-bond donors (Lipinski definition) is 3. The van der Waals surface area contributed by atoms with Crippen LogP contribution in [0, 0.1) is 18.7 Å². The Bertz CT molecular complexity index is 763.